The molecule has 2 atom stereocenters. The Bertz CT molecular complexity index is 697. The van der Waals surface area contributed by atoms with Crippen molar-refractivity contribution in [2.75, 3.05) is 39.4 Å². The number of likely N-dealkylation sites (tertiary alicyclic amines) is 1. The lowest BCUT2D eigenvalue weighted by Crippen LogP contribution is -2.41. The second-order valence-corrected chi connectivity index (χ2v) is 9.10. The van der Waals surface area contributed by atoms with E-state index in [1.165, 1.54) is 21.7 Å². The first-order chi connectivity index (χ1) is 11.4. The van der Waals surface area contributed by atoms with Gasteiger partial charge in [0.25, 0.3) is 5.91 Å². The van der Waals surface area contributed by atoms with Gasteiger partial charge in [-0.25, -0.2) is 8.42 Å². The van der Waals surface area contributed by atoms with Gasteiger partial charge in [0, 0.05) is 25.7 Å². The minimum Gasteiger partial charge on any atom is -0.379 e. The SMILES string of the molecule is CC1CC(CN)CN1C(=O)c1sccc1S(=O)(=O)N1CCOCC1. The fourth-order valence-electron chi connectivity index (χ4n) is 3.31. The first kappa shape index (κ1) is 17.8. The van der Waals surface area contributed by atoms with Gasteiger partial charge in [-0.1, -0.05) is 0 Å². The van der Waals surface area contributed by atoms with Crippen molar-refractivity contribution in [3.8, 4) is 0 Å². The van der Waals surface area contributed by atoms with Crippen LogP contribution in [0, 0.1) is 5.92 Å². The highest BCUT2D eigenvalue weighted by molar-refractivity contribution is 7.89. The van der Waals surface area contributed by atoms with Crippen molar-refractivity contribution in [1.82, 2.24) is 9.21 Å². The van der Waals surface area contributed by atoms with Crippen molar-refractivity contribution in [2.45, 2.75) is 24.3 Å². The standard InChI is InChI=1S/C15H23N3O4S2/c1-11-8-12(9-16)10-18(11)15(19)14-13(2-7-23-14)24(20,21)17-3-5-22-6-4-17/h2,7,11-12H,3-6,8-10,16H2,1H3. The van der Waals surface area contributed by atoms with Gasteiger partial charge in [0.2, 0.25) is 10.0 Å². The zero-order valence-electron chi connectivity index (χ0n) is 13.7. The van der Waals surface area contributed by atoms with Crippen LogP contribution in [-0.2, 0) is 14.8 Å². The number of nitrogens with zero attached hydrogens (tertiary/aromatic N) is 2. The van der Waals surface area contributed by atoms with Crippen LogP contribution in [0.2, 0.25) is 0 Å². The van der Waals surface area contributed by atoms with Crippen LogP contribution in [0.3, 0.4) is 0 Å². The third-order valence-electron chi connectivity index (χ3n) is 4.67. The number of hydrogen-bond donors (Lipinski definition) is 1. The molecule has 2 aliphatic heterocycles. The number of carbonyl (C=O) groups excluding carboxylic acids is 1. The number of amides is 1. The van der Waals surface area contributed by atoms with Crippen molar-refractivity contribution in [3.05, 3.63) is 16.3 Å². The van der Waals surface area contributed by atoms with Crippen LogP contribution in [0.25, 0.3) is 0 Å². The molecule has 2 unspecified atom stereocenters. The second kappa shape index (κ2) is 7.09. The van der Waals surface area contributed by atoms with Crippen molar-refractivity contribution in [2.24, 2.45) is 11.7 Å². The highest BCUT2D eigenvalue weighted by atomic mass is 32.2. The van der Waals surface area contributed by atoms with E-state index < -0.39 is 10.0 Å². The van der Waals surface area contributed by atoms with Gasteiger partial charge >= 0.3 is 0 Å². The Balaban J connectivity index is 1.86. The van der Waals surface area contributed by atoms with Gasteiger partial charge in [-0.3, -0.25) is 4.79 Å². The smallest absolute Gasteiger partial charge is 0.265 e. The highest BCUT2D eigenvalue weighted by Crippen LogP contribution is 2.30. The normalized spacial score (nSPS) is 26.0. The Labute approximate surface area is 146 Å². The van der Waals surface area contributed by atoms with Gasteiger partial charge in [0.1, 0.15) is 9.77 Å². The van der Waals surface area contributed by atoms with Crippen molar-refractivity contribution in [1.29, 1.82) is 0 Å². The van der Waals surface area contributed by atoms with Crippen molar-refractivity contribution >= 4 is 27.3 Å². The topological polar surface area (TPSA) is 92.9 Å². The summed E-state index contributed by atoms with van der Waals surface area (Å²) >= 11 is 1.19. The van der Waals surface area contributed by atoms with Gasteiger partial charge in [-0.15, -0.1) is 11.3 Å². The lowest BCUT2D eigenvalue weighted by Gasteiger charge is -2.27. The summed E-state index contributed by atoms with van der Waals surface area (Å²) in [6.45, 7) is 4.52. The van der Waals surface area contributed by atoms with E-state index in [0.717, 1.165) is 6.42 Å². The Morgan fingerprint density at radius 3 is 2.75 bits per heavy atom. The molecule has 134 valence electrons. The van der Waals surface area contributed by atoms with E-state index in [-0.39, 0.29) is 22.8 Å². The molecule has 0 aliphatic carbocycles. The molecular weight excluding hydrogens is 350 g/mol. The molecule has 1 aromatic heterocycles. The number of rotatable bonds is 4. The Morgan fingerprint density at radius 1 is 1.42 bits per heavy atom. The summed E-state index contributed by atoms with van der Waals surface area (Å²) < 4.78 is 32.4. The minimum absolute atomic E-state index is 0.0760. The molecule has 1 aromatic rings. The van der Waals surface area contributed by atoms with Crippen molar-refractivity contribution < 1.29 is 17.9 Å². The van der Waals surface area contributed by atoms with Crippen LogP contribution in [0.5, 0.6) is 0 Å². The average molecular weight is 374 g/mol. The predicted molar refractivity (Wildman–Crippen MR) is 91.6 cm³/mol. The molecule has 2 aliphatic rings. The summed E-state index contributed by atoms with van der Waals surface area (Å²) in [5.41, 5.74) is 5.72. The summed E-state index contributed by atoms with van der Waals surface area (Å²) in [5.74, 6) is 0.0727. The first-order valence-corrected chi connectivity index (χ1v) is 10.4. The van der Waals surface area contributed by atoms with Crippen molar-refractivity contribution in [3.63, 3.8) is 0 Å². The van der Waals surface area contributed by atoms with Crippen LogP contribution < -0.4 is 5.73 Å². The van der Waals surface area contributed by atoms with E-state index >= 15 is 0 Å². The maximum absolute atomic E-state index is 12.9. The molecule has 0 saturated carbocycles. The first-order valence-electron chi connectivity index (χ1n) is 8.11. The zero-order valence-corrected chi connectivity index (χ0v) is 15.3. The molecule has 0 aromatic carbocycles. The third-order valence-corrected chi connectivity index (χ3v) is 7.64. The fourth-order valence-corrected chi connectivity index (χ4v) is 6.07. The van der Waals surface area contributed by atoms with Crippen LogP contribution in [0.4, 0.5) is 0 Å². The van der Waals surface area contributed by atoms with E-state index in [1.807, 2.05) is 6.92 Å². The summed E-state index contributed by atoms with van der Waals surface area (Å²) in [7, 11) is -3.67. The molecule has 0 spiro atoms. The molecule has 3 heterocycles. The Kier molecular flexibility index (Phi) is 5.26. The Morgan fingerprint density at radius 2 is 2.12 bits per heavy atom. The van der Waals surface area contributed by atoms with Gasteiger partial charge in [0.05, 0.1) is 13.2 Å². The maximum atomic E-state index is 12.9. The Hall–Kier alpha value is -1.00. The molecule has 2 N–H and O–H groups in total. The van der Waals surface area contributed by atoms with Gasteiger partial charge in [-0.05, 0) is 37.3 Å². The van der Waals surface area contributed by atoms with Gasteiger partial charge < -0.3 is 15.4 Å². The van der Waals surface area contributed by atoms with Crippen LogP contribution in [0.1, 0.15) is 23.0 Å². The van der Waals surface area contributed by atoms with Crippen LogP contribution in [-0.4, -0.2) is 69.0 Å². The zero-order chi connectivity index (χ0) is 17.3. The van der Waals surface area contributed by atoms with E-state index in [2.05, 4.69) is 0 Å². The van der Waals surface area contributed by atoms with E-state index in [9.17, 15) is 13.2 Å². The number of thiophene rings is 1. The van der Waals surface area contributed by atoms with Gasteiger partial charge in [0.15, 0.2) is 0 Å². The number of morpholine rings is 1. The lowest BCUT2D eigenvalue weighted by atomic mass is 10.1. The third kappa shape index (κ3) is 3.23. The molecule has 9 heteroatoms. The molecule has 2 fully saturated rings. The summed E-state index contributed by atoms with van der Waals surface area (Å²) in [6.07, 6.45) is 0.860. The lowest BCUT2D eigenvalue weighted by molar-refractivity contribution is 0.0724. The molecule has 2 saturated heterocycles. The quantitative estimate of drug-likeness (QED) is 0.833. The maximum Gasteiger partial charge on any atom is 0.265 e. The largest absolute Gasteiger partial charge is 0.379 e. The van der Waals surface area contributed by atoms with Crippen LogP contribution >= 0.6 is 11.3 Å². The average Bonchev–Trinajstić information content (AvgIpc) is 3.22. The van der Waals surface area contributed by atoms with E-state index in [4.69, 9.17) is 10.5 Å². The summed E-state index contributed by atoms with van der Waals surface area (Å²) in [6, 6.07) is 1.61. The molecule has 7 nitrogen and oxygen atoms in total. The highest BCUT2D eigenvalue weighted by Gasteiger charge is 2.37. The van der Waals surface area contributed by atoms with Gasteiger partial charge in [-0.2, -0.15) is 4.31 Å². The van der Waals surface area contributed by atoms with E-state index in [1.54, 1.807) is 10.3 Å². The number of carbonyl (C=O) groups is 1. The minimum atomic E-state index is -3.67. The molecule has 1 amide bonds. The summed E-state index contributed by atoms with van der Waals surface area (Å²) in [5, 5.41) is 1.67. The fraction of sp³-hybridized carbons (Fsp3) is 0.667. The molecular formula is C15H23N3O4S2. The predicted octanol–water partition coefficient (Wildman–Crippen LogP) is 0.578. The monoisotopic (exact) mass is 373 g/mol. The number of sulfonamides is 1. The van der Waals surface area contributed by atoms with E-state index in [0.29, 0.717) is 44.3 Å². The second-order valence-electron chi connectivity index (χ2n) is 6.27. The molecule has 0 radical (unpaired) electrons. The number of nitrogens with two attached hydrogens (primary N) is 1. The number of ether oxygens (including phenoxy) is 1. The van der Waals surface area contributed by atoms with Crippen LogP contribution in [0.15, 0.2) is 16.3 Å². The summed E-state index contributed by atoms with van der Waals surface area (Å²) in [4.78, 5) is 15.1. The molecule has 3 rings (SSSR count). The molecule has 24 heavy (non-hydrogen) atoms. The number of hydrogen-bond acceptors (Lipinski definition) is 6. The molecule has 0 bridgehead atoms.